The van der Waals surface area contributed by atoms with Crippen molar-refractivity contribution in [3.05, 3.63) is 84.1 Å². The molecule has 1 aliphatic heterocycles. The fourth-order valence-corrected chi connectivity index (χ4v) is 3.59. The summed E-state index contributed by atoms with van der Waals surface area (Å²) in [5, 5.41) is 2.77. The van der Waals surface area contributed by atoms with Gasteiger partial charge in [0.2, 0.25) is 5.91 Å². The lowest BCUT2D eigenvalue weighted by Crippen LogP contribution is -2.51. The Labute approximate surface area is 157 Å². The molecule has 0 bridgehead atoms. The summed E-state index contributed by atoms with van der Waals surface area (Å²) in [5.41, 5.74) is 2.54. The number of hydrogen-bond acceptors (Lipinski definition) is 3. The largest absolute Gasteiger partial charge is 0.472 e. The Bertz CT molecular complexity index is 931. The van der Waals surface area contributed by atoms with Gasteiger partial charge in [0.1, 0.15) is 12.3 Å². The van der Waals surface area contributed by atoms with Crippen molar-refractivity contribution >= 4 is 11.8 Å². The number of rotatable bonds is 4. The third-order valence-electron chi connectivity index (χ3n) is 4.94. The molecule has 27 heavy (non-hydrogen) atoms. The topological polar surface area (TPSA) is 67.5 Å². The lowest BCUT2D eigenvalue weighted by molar-refractivity contribution is -0.135. The summed E-state index contributed by atoms with van der Waals surface area (Å²) in [6, 6.07) is 14.8. The standard InChI is InChI=1S/C21H21N3O3/c1-15(22-20(25)17-9-13-27-14-17)21(26)24-12-11-23-10-5-8-18(23)19(24)16-6-3-2-4-7-16/h2-10,13-15,19H,11-12H2,1H3,(H,22,25)/t15-,19-/m1/s1. The number of nitrogens with zero attached hydrogens (tertiary/aromatic N) is 2. The molecule has 138 valence electrons. The number of aromatic nitrogens is 1. The molecule has 0 spiro atoms. The van der Waals surface area contributed by atoms with Gasteiger partial charge in [-0.2, -0.15) is 0 Å². The Balaban J connectivity index is 1.59. The molecule has 0 saturated carbocycles. The van der Waals surface area contributed by atoms with E-state index < -0.39 is 6.04 Å². The summed E-state index contributed by atoms with van der Waals surface area (Å²) in [7, 11) is 0. The molecule has 2 atom stereocenters. The maximum absolute atomic E-state index is 13.2. The first-order chi connectivity index (χ1) is 13.1. The molecular weight excluding hydrogens is 342 g/mol. The average molecular weight is 363 g/mol. The van der Waals surface area contributed by atoms with E-state index in [0.717, 1.165) is 17.8 Å². The molecule has 0 unspecified atom stereocenters. The van der Waals surface area contributed by atoms with Crippen molar-refractivity contribution < 1.29 is 14.0 Å². The first-order valence-corrected chi connectivity index (χ1v) is 8.98. The highest BCUT2D eigenvalue weighted by molar-refractivity contribution is 5.97. The van der Waals surface area contributed by atoms with Gasteiger partial charge in [-0.25, -0.2) is 0 Å². The minimum absolute atomic E-state index is 0.104. The normalized spacial score (nSPS) is 17.2. The van der Waals surface area contributed by atoms with Crippen LogP contribution in [0.2, 0.25) is 0 Å². The number of amides is 2. The molecule has 1 aliphatic rings. The van der Waals surface area contributed by atoms with Crippen LogP contribution in [-0.4, -0.2) is 33.9 Å². The van der Waals surface area contributed by atoms with E-state index in [2.05, 4.69) is 9.88 Å². The van der Waals surface area contributed by atoms with E-state index in [9.17, 15) is 9.59 Å². The molecule has 3 heterocycles. The zero-order valence-electron chi connectivity index (χ0n) is 15.0. The molecular formula is C21H21N3O3. The zero-order valence-corrected chi connectivity index (χ0v) is 15.0. The Kier molecular flexibility index (Phi) is 4.54. The Hall–Kier alpha value is -3.28. The molecule has 0 saturated heterocycles. The van der Waals surface area contributed by atoms with Crippen LogP contribution in [0.5, 0.6) is 0 Å². The first kappa shape index (κ1) is 17.1. The van der Waals surface area contributed by atoms with Crippen molar-refractivity contribution in [2.75, 3.05) is 6.54 Å². The third-order valence-corrected chi connectivity index (χ3v) is 4.94. The van der Waals surface area contributed by atoms with Gasteiger partial charge in [-0.3, -0.25) is 9.59 Å². The van der Waals surface area contributed by atoms with E-state index in [0.29, 0.717) is 12.1 Å². The molecule has 4 rings (SSSR count). The number of benzene rings is 1. The van der Waals surface area contributed by atoms with Gasteiger partial charge < -0.3 is 19.2 Å². The summed E-state index contributed by atoms with van der Waals surface area (Å²) < 4.78 is 7.12. The van der Waals surface area contributed by atoms with E-state index in [1.54, 1.807) is 13.0 Å². The summed E-state index contributed by atoms with van der Waals surface area (Å²) in [6.07, 6.45) is 4.84. The second kappa shape index (κ2) is 7.15. The van der Waals surface area contributed by atoms with Crippen LogP contribution in [0.25, 0.3) is 0 Å². The van der Waals surface area contributed by atoms with Crippen molar-refractivity contribution in [2.24, 2.45) is 0 Å². The third kappa shape index (κ3) is 3.26. The minimum Gasteiger partial charge on any atom is -0.472 e. The van der Waals surface area contributed by atoms with Gasteiger partial charge in [-0.15, -0.1) is 0 Å². The van der Waals surface area contributed by atoms with Gasteiger partial charge in [0, 0.05) is 25.0 Å². The number of carbonyl (C=O) groups is 2. The lowest BCUT2D eigenvalue weighted by Gasteiger charge is -2.38. The second-order valence-electron chi connectivity index (χ2n) is 6.68. The van der Waals surface area contributed by atoms with Crippen molar-refractivity contribution in [1.82, 2.24) is 14.8 Å². The van der Waals surface area contributed by atoms with E-state index in [-0.39, 0.29) is 17.9 Å². The second-order valence-corrected chi connectivity index (χ2v) is 6.68. The number of carbonyl (C=O) groups excluding carboxylic acids is 2. The van der Waals surface area contributed by atoms with Crippen LogP contribution >= 0.6 is 0 Å². The minimum atomic E-state index is -0.639. The SMILES string of the molecule is C[C@@H](NC(=O)c1ccoc1)C(=O)N1CCn2cccc2[C@H]1c1ccccc1. The molecule has 0 radical (unpaired) electrons. The Morgan fingerprint density at radius 3 is 2.67 bits per heavy atom. The quantitative estimate of drug-likeness (QED) is 0.775. The number of nitrogens with one attached hydrogen (secondary N) is 1. The van der Waals surface area contributed by atoms with E-state index in [1.165, 1.54) is 12.5 Å². The van der Waals surface area contributed by atoms with Gasteiger partial charge in [-0.1, -0.05) is 30.3 Å². The van der Waals surface area contributed by atoms with Gasteiger partial charge in [0.25, 0.3) is 5.91 Å². The first-order valence-electron chi connectivity index (χ1n) is 8.98. The fourth-order valence-electron chi connectivity index (χ4n) is 3.59. The number of furan rings is 1. The molecule has 6 nitrogen and oxygen atoms in total. The van der Waals surface area contributed by atoms with Gasteiger partial charge in [-0.05, 0) is 30.7 Å². The Morgan fingerprint density at radius 1 is 1.11 bits per heavy atom. The van der Waals surface area contributed by atoms with Crippen LogP contribution in [0.1, 0.15) is 34.6 Å². The summed E-state index contributed by atoms with van der Waals surface area (Å²) in [5.74, 6) is -0.422. The van der Waals surface area contributed by atoms with Crippen LogP contribution in [0.4, 0.5) is 0 Å². The smallest absolute Gasteiger partial charge is 0.255 e. The van der Waals surface area contributed by atoms with Crippen LogP contribution in [0.3, 0.4) is 0 Å². The average Bonchev–Trinajstić information content (AvgIpc) is 3.38. The predicted molar refractivity (Wildman–Crippen MR) is 100 cm³/mol. The van der Waals surface area contributed by atoms with E-state index in [1.807, 2.05) is 53.6 Å². The molecule has 6 heteroatoms. The highest BCUT2D eigenvalue weighted by atomic mass is 16.3. The van der Waals surface area contributed by atoms with Crippen molar-refractivity contribution in [1.29, 1.82) is 0 Å². The highest BCUT2D eigenvalue weighted by Crippen LogP contribution is 2.32. The summed E-state index contributed by atoms with van der Waals surface area (Å²) in [4.78, 5) is 27.3. The molecule has 0 aliphatic carbocycles. The molecule has 3 aromatic rings. The van der Waals surface area contributed by atoms with Crippen LogP contribution < -0.4 is 5.32 Å². The molecule has 2 aromatic heterocycles. The Morgan fingerprint density at radius 2 is 1.93 bits per heavy atom. The van der Waals surface area contributed by atoms with Gasteiger partial charge in [0.15, 0.2) is 0 Å². The molecule has 1 aromatic carbocycles. The van der Waals surface area contributed by atoms with Crippen molar-refractivity contribution in [2.45, 2.75) is 25.6 Å². The molecule has 2 amide bonds. The van der Waals surface area contributed by atoms with Gasteiger partial charge in [0.05, 0.1) is 17.9 Å². The van der Waals surface area contributed by atoms with Crippen LogP contribution in [-0.2, 0) is 11.3 Å². The summed E-state index contributed by atoms with van der Waals surface area (Å²) in [6.45, 7) is 3.04. The zero-order chi connectivity index (χ0) is 18.8. The highest BCUT2D eigenvalue weighted by Gasteiger charge is 2.34. The predicted octanol–water partition coefficient (Wildman–Crippen LogP) is 2.83. The van der Waals surface area contributed by atoms with Crippen LogP contribution in [0, 0.1) is 0 Å². The maximum Gasteiger partial charge on any atom is 0.255 e. The van der Waals surface area contributed by atoms with E-state index in [4.69, 9.17) is 4.42 Å². The maximum atomic E-state index is 13.2. The monoisotopic (exact) mass is 363 g/mol. The number of fused-ring (bicyclic) bond motifs is 1. The number of hydrogen-bond donors (Lipinski definition) is 1. The van der Waals surface area contributed by atoms with Gasteiger partial charge >= 0.3 is 0 Å². The fraction of sp³-hybridized carbons (Fsp3) is 0.238. The van der Waals surface area contributed by atoms with Crippen molar-refractivity contribution in [3.8, 4) is 0 Å². The van der Waals surface area contributed by atoms with Crippen molar-refractivity contribution in [3.63, 3.8) is 0 Å². The van der Waals surface area contributed by atoms with E-state index >= 15 is 0 Å². The molecule has 0 fully saturated rings. The molecule has 1 N–H and O–H groups in total. The summed E-state index contributed by atoms with van der Waals surface area (Å²) >= 11 is 0. The lowest BCUT2D eigenvalue weighted by atomic mass is 9.99. The van der Waals surface area contributed by atoms with Crippen LogP contribution in [0.15, 0.2) is 71.7 Å².